The van der Waals surface area contributed by atoms with Crippen LogP contribution in [0.4, 0.5) is 10.5 Å². The highest BCUT2D eigenvalue weighted by Crippen LogP contribution is 2.35. The highest BCUT2D eigenvalue weighted by molar-refractivity contribution is 7.18. The Balaban J connectivity index is 1.62. The van der Waals surface area contributed by atoms with Gasteiger partial charge in [0.1, 0.15) is 5.82 Å². The number of imidazole rings is 1. The van der Waals surface area contributed by atoms with Crippen molar-refractivity contribution in [1.82, 2.24) is 15.3 Å². The van der Waals surface area contributed by atoms with E-state index in [-0.39, 0.29) is 6.03 Å². The molecule has 5 nitrogen and oxygen atoms in total. The molecule has 0 saturated heterocycles. The fourth-order valence-electron chi connectivity index (χ4n) is 3.00. The lowest BCUT2D eigenvalue weighted by Gasteiger charge is -2.07. The molecule has 0 unspecified atom stereocenters. The second-order valence-corrected chi connectivity index (χ2v) is 7.37. The number of aryl methyl sites for hydroxylation is 1. The zero-order valence-corrected chi connectivity index (χ0v) is 16.0. The number of aromatic nitrogens is 2. The molecule has 2 aromatic heterocycles. The normalized spacial score (nSPS) is 10.9. The number of benzene rings is 2. The van der Waals surface area contributed by atoms with Gasteiger partial charge in [-0.05, 0) is 55.3 Å². The average molecular weight is 376 g/mol. The third kappa shape index (κ3) is 3.57. The summed E-state index contributed by atoms with van der Waals surface area (Å²) in [5.41, 5.74) is 5.06. The molecule has 2 heterocycles. The molecule has 2 amide bonds. The number of amides is 2. The molecule has 0 aliphatic heterocycles. The number of thiophene rings is 1. The first-order valence-electron chi connectivity index (χ1n) is 8.85. The first kappa shape index (κ1) is 17.3. The highest BCUT2D eigenvalue weighted by Gasteiger charge is 2.11. The molecule has 0 fully saturated rings. The van der Waals surface area contributed by atoms with E-state index in [4.69, 9.17) is 4.98 Å². The summed E-state index contributed by atoms with van der Waals surface area (Å²) < 4.78 is 0. The fraction of sp³-hybridized carbons (Fsp3) is 0.143. The summed E-state index contributed by atoms with van der Waals surface area (Å²) in [5, 5.41) is 5.59. The average Bonchev–Trinajstić information content (AvgIpc) is 3.30. The molecule has 4 aromatic rings. The van der Waals surface area contributed by atoms with Gasteiger partial charge >= 0.3 is 6.03 Å². The van der Waals surface area contributed by atoms with Crippen LogP contribution >= 0.6 is 11.3 Å². The Kier molecular flexibility index (Phi) is 4.64. The van der Waals surface area contributed by atoms with Crippen molar-refractivity contribution in [3.63, 3.8) is 0 Å². The third-order valence-electron chi connectivity index (χ3n) is 4.30. The van der Waals surface area contributed by atoms with Crippen molar-refractivity contribution in [3.05, 3.63) is 60.2 Å². The maximum Gasteiger partial charge on any atom is 0.319 e. The highest BCUT2D eigenvalue weighted by atomic mass is 32.1. The van der Waals surface area contributed by atoms with Crippen LogP contribution in [0.2, 0.25) is 0 Å². The number of hydrogen-bond donors (Lipinski definition) is 3. The van der Waals surface area contributed by atoms with Gasteiger partial charge in [0.2, 0.25) is 0 Å². The number of rotatable bonds is 4. The van der Waals surface area contributed by atoms with Crippen LogP contribution < -0.4 is 10.6 Å². The molecule has 0 radical (unpaired) electrons. The van der Waals surface area contributed by atoms with E-state index in [1.54, 1.807) is 11.3 Å². The number of H-pyrrole nitrogens is 1. The Hall–Kier alpha value is -3.12. The van der Waals surface area contributed by atoms with Crippen molar-refractivity contribution in [1.29, 1.82) is 0 Å². The Labute approximate surface area is 161 Å². The zero-order chi connectivity index (χ0) is 18.8. The number of anilines is 1. The minimum atomic E-state index is -0.195. The summed E-state index contributed by atoms with van der Waals surface area (Å²) in [4.78, 5) is 22.1. The largest absolute Gasteiger partial charge is 0.338 e. The van der Waals surface area contributed by atoms with Crippen LogP contribution in [0, 0.1) is 6.92 Å². The number of hydrogen-bond acceptors (Lipinski definition) is 3. The number of fused-ring (bicyclic) bond motifs is 1. The minimum absolute atomic E-state index is 0.195. The van der Waals surface area contributed by atoms with Crippen LogP contribution in [0.5, 0.6) is 0 Å². The zero-order valence-electron chi connectivity index (χ0n) is 15.2. The quantitative estimate of drug-likeness (QED) is 0.446. The van der Waals surface area contributed by atoms with Gasteiger partial charge in [0.05, 0.1) is 15.9 Å². The number of carbonyl (C=O) groups is 1. The van der Waals surface area contributed by atoms with Gasteiger partial charge in [-0.1, -0.05) is 24.3 Å². The Morgan fingerprint density at radius 3 is 2.74 bits per heavy atom. The molecular formula is C21H20N4OS. The van der Waals surface area contributed by atoms with Gasteiger partial charge in [-0.3, -0.25) is 0 Å². The van der Waals surface area contributed by atoms with Gasteiger partial charge in [-0.25, -0.2) is 9.78 Å². The van der Waals surface area contributed by atoms with E-state index in [0.717, 1.165) is 43.4 Å². The molecule has 3 N–H and O–H groups in total. The predicted molar refractivity (Wildman–Crippen MR) is 112 cm³/mol. The van der Waals surface area contributed by atoms with Crippen molar-refractivity contribution in [3.8, 4) is 21.1 Å². The lowest BCUT2D eigenvalue weighted by Crippen LogP contribution is -2.28. The maximum absolute atomic E-state index is 11.7. The van der Waals surface area contributed by atoms with E-state index < -0.39 is 0 Å². The summed E-state index contributed by atoms with van der Waals surface area (Å²) in [6.45, 7) is 4.56. The second kappa shape index (κ2) is 7.25. The van der Waals surface area contributed by atoms with Crippen molar-refractivity contribution in [2.75, 3.05) is 11.9 Å². The van der Waals surface area contributed by atoms with Crippen molar-refractivity contribution < 1.29 is 4.79 Å². The van der Waals surface area contributed by atoms with E-state index in [9.17, 15) is 4.79 Å². The maximum atomic E-state index is 11.7. The lowest BCUT2D eigenvalue weighted by molar-refractivity contribution is 0.252. The minimum Gasteiger partial charge on any atom is -0.338 e. The molecule has 0 aliphatic carbocycles. The van der Waals surface area contributed by atoms with Crippen LogP contribution in [0.1, 0.15) is 12.5 Å². The summed E-state index contributed by atoms with van der Waals surface area (Å²) in [6, 6.07) is 18.0. The Morgan fingerprint density at radius 1 is 1.11 bits per heavy atom. The van der Waals surface area contributed by atoms with E-state index in [0.29, 0.717) is 6.54 Å². The first-order chi connectivity index (χ1) is 13.1. The SMILES string of the molecule is CCNC(=O)Nc1cccc(-c2ccc(-c3nc4c(C)cccc4[nH]3)s2)c1. The van der Waals surface area contributed by atoms with Crippen molar-refractivity contribution in [2.45, 2.75) is 13.8 Å². The molecule has 0 saturated carbocycles. The van der Waals surface area contributed by atoms with Gasteiger partial charge in [0.15, 0.2) is 0 Å². The second-order valence-electron chi connectivity index (χ2n) is 6.29. The Morgan fingerprint density at radius 2 is 1.93 bits per heavy atom. The molecule has 0 bridgehead atoms. The van der Waals surface area contributed by atoms with Gasteiger partial charge in [-0.2, -0.15) is 0 Å². The van der Waals surface area contributed by atoms with Gasteiger partial charge in [-0.15, -0.1) is 11.3 Å². The number of urea groups is 1. The monoisotopic (exact) mass is 376 g/mol. The first-order valence-corrected chi connectivity index (χ1v) is 9.66. The number of carbonyl (C=O) groups excluding carboxylic acids is 1. The van der Waals surface area contributed by atoms with E-state index in [2.05, 4.69) is 40.7 Å². The van der Waals surface area contributed by atoms with Crippen molar-refractivity contribution >= 4 is 34.1 Å². The molecule has 2 aromatic carbocycles. The van der Waals surface area contributed by atoms with Crippen LogP contribution in [0.3, 0.4) is 0 Å². The summed E-state index contributed by atoms with van der Waals surface area (Å²) in [5.74, 6) is 0.882. The number of nitrogens with zero attached hydrogens (tertiary/aromatic N) is 1. The molecule has 0 atom stereocenters. The van der Waals surface area contributed by atoms with Crippen molar-refractivity contribution in [2.24, 2.45) is 0 Å². The molecule has 136 valence electrons. The predicted octanol–water partition coefficient (Wildman–Crippen LogP) is 5.41. The van der Waals surface area contributed by atoms with E-state index in [1.165, 1.54) is 0 Å². The topological polar surface area (TPSA) is 69.8 Å². The summed E-state index contributed by atoms with van der Waals surface area (Å²) >= 11 is 1.68. The molecule has 27 heavy (non-hydrogen) atoms. The third-order valence-corrected chi connectivity index (χ3v) is 5.44. The molecule has 6 heteroatoms. The Bertz CT molecular complexity index is 1110. The smallest absolute Gasteiger partial charge is 0.319 e. The number of aromatic amines is 1. The summed E-state index contributed by atoms with van der Waals surface area (Å²) in [6.07, 6.45) is 0. The van der Waals surface area contributed by atoms with Gasteiger partial charge in [0.25, 0.3) is 0 Å². The van der Waals surface area contributed by atoms with Crippen LogP contribution in [0.15, 0.2) is 54.6 Å². The molecule has 0 aliphatic rings. The fourth-order valence-corrected chi connectivity index (χ4v) is 3.95. The van der Waals surface area contributed by atoms with Gasteiger partial charge in [0, 0.05) is 17.1 Å². The van der Waals surface area contributed by atoms with Crippen LogP contribution in [-0.4, -0.2) is 22.5 Å². The number of para-hydroxylation sites is 1. The standard InChI is InChI=1S/C21H20N4OS/c1-3-22-21(26)23-15-8-5-7-14(12-15)17-10-11-18(27-17)20-24-16-9-4-6-13(2)19(16)25-20/h4-12H,3H2,1-2H3,(H,24,25)(H2,22,23,26). The summed E-state index contributed by atoms with van der Waals surface area (Å²) in [7, 11) is 0. The van der Waals surface area contributed by atoms with E-state index >= 15 is 0 Å². The molecule has 0 spiro atoms. The van der Waals surface area contributed by atoms with E-state index in [1.807, 2.05) is 43.3 Å². The lowest BCUT2D eigenvalue weighted by atomic mass is 10.1. The van der Waals surface area contributed by atoms with Crippen LogP contribution in [0.25, 0.3) is 32.2 Å². The number of nitrogens with one attached hydrogen (secondary N) is 3. The van der Waals surface area contributed by atoms with Crippen LogP contribution in [-0.2, 0) is 0 Å². The molecular weight excluding hydrogens is 356 g/mol. The van der Waals surface area contributed by atoms with Gasteiger partial charge < -0.3 is 15.6 Å². The molecule has 4 rings (SSSR count).